The average Bonchev–Trinajstić information content (AvgIpc) is 2.61. The standard InChI is InChI=1S/C17H23NO2/c1-17(2,3)13-9-5-4-8-12(13)16(20)14-10-6-7-11-15(19)18-14/h4-5,8-9,14H,6-7,10-11H2,1-3H3,(H,18,19). The molecule has 0 radical (unpaired) electrons. The topological polar surface area (TPSA) is 46.2 Å². The van der Waals surface area contributed by atoms with Gasteiger partial charge in [0.15, 0.2) is 5.78 Å². The lowest BCUT2D eigenvalue weighted by molar-refractivity contribution is -0.121. The molecule has 0 aromatic heterocycles. The second kappa shape index (κ2) is 5.78. The van der Waals surface area contributed by atoms with Crippen molar-refractivity contribution in [2.75, 3.05) is 0 Å². The Balaban J connectivity index is 2.31. The molecule has 108 valence electrons. The fraction of sp³-hybridized carbons (Fsp3) is 0.529. The van der Waals surface area contributed by atoms with E-state index in [0.717, 1.165) is 30.4 Å². The Morgan fingerprint density at radius 2 is 1.90 bits per heavy atom. The third-order valence-corrected chi connectivity index (χ3v) is 3.80. The summed E-state index contributed by atoms with van der Waals surface area (Å²) in [5.41, 5.74) is 1.71. The van der Waals surface area contributed by atoms with Gasteiger partial charge in [-0.3, -0.25) is 9.59 Å². The van der Waals surface area contributed by atoms with Crippen molar-refractivity contribution >= 4 is 11.7 Å². The number of nitrogens with one attached hydrogen (secondary N) is 1. The predicted octanol–water partition coefficient (Wildman–Crippen LogP) is 3.23. The van der Waals surface area contributed by atoms with Crippen LogP contribution in [0, 0.1) is 0 Å². The first kappa shape index (κ1) is 14.8. The van der Waals surface area contributed by atoms with Crippen molar-refractivity contribution in [1.82, 2.24) is 5.32 Å². The molecule has 0 bridgehead atoms. The van der Waals surface area contributed by atoms with Crippen LogP contribution in [0.1, 0.15) is 62.4 Å². The molecule has 1 atom stereocenters. The monoisotopic (exact) mass is 273 g/mol. The predicted molar refractivity (Wildman–Crippen MR) is 79.9 cm³/mol. The summed E-state index contributed by atoms with van der Waals surface area (Å²) in [5.74, 6) is 0.0415. The fourth-order valence-corrected chi connectivity index (χ4v) is 2.71. The molecule has 0 aliphatic carbocycles. The first-order valence-corrected chi connectivity index (χ1v) is 7.32. The number of hydrogen-bond acceptors (Lipinski definition) is 2. The minimum atomic E-state index is -0.367. The quantitative estimate of drug-likeness (QED) is 0.841. The molecule has 1 saturated heterocycles. The average molecular weight is 273 g/mol. The van der Waals surface area contributed by atoms with Gasteiger partial charge in [0.25, 0.3) is 0 Å². The van der Waals surface area contributed by atoms with Crippen LogP contribution in [-0.4, -0.2) is 17.7 Å². The summed E-state index contributed by atoms with van der Waals surface area (Å²) in [4.78, 5) is 24.4. The van der Waals surface area contributed by atoms with E-state index in [4.69, 9.17) is 0 Å². The van der Waals surface area contributed by atoms with Crippen LogP contribution in [-0.2, 0) is 10.2 Å². The van der Waals surface area contributed by atoms with Gasteiger partial charge in [-0.15, -0.1) is 0 Å². The molecular weight excluding hydrogens is 250 g/mol. The molecule has 1 aliphatic heterocycles. The lowest BCUT2D eigenvalue weighted by Crippen LogP contribution is -2.40. The summed E-state index contributed by atoms with van der Waals surface area (Å²) in [7, 11) is 0. The summed E-state index contributed by atoms with van der Waals surface area (Å²) < 4.78 is 0. The maximum Gasteiger partial charge on any atom is 0.220 e. The van der Waals surface area contributed by atoms with E-state index in [1.54, 1.807) is 0 Å². The summed E-state index contributed by atoms with van der Waals surface area (Å²) in [6.07, 6.45) is 3.07. The van der Waals surface area contributed by atoms with E-state index in [1.807, 2.05) is 24.3 Å². The van der Waals surface area contributed by atoms with Gasteiger partial charge in [-0.2, -0.15) is 0 Å². The number of benzene rings is 1. The normalized spacial score (nSPS) is 20.1. The van der Waals surface area contributed by atoms with Crippen molar-refractivity contribution < 1.29 is 9.59 Å². The smallest absolute Gasteiger partial charge is 0.220 e. The maximum absolute atomic E-state index is 12.8. The second-order valence-corrected chi connectivity index (χ2v) is 6.53. The number of ketones is 1. The zero-order valence-corrected chi connectivity index (χ0v) is 12.5. The van der Waals surface area contributed by atoms with Crippen LogP contribution in [0.4, 0.5) is 0 Å². The van der Waals surface area contributed by atoms with Crippen LogP contribution < -0.4 is 5.32 Å². The number of amides is 1. The van der Waals surface area contributed by atoms with Gasteiger partial charge in [-0.05, 0) is 23.8 Å². The number of carbonyl (C=O) groups excluding carboxylic acids is 2. The van der Waals surface area contributed by atoms with E-state index in [-0.39, 0.29) is 23.1 Å². The molecule has 1 N–H and O–H groups in total. The highest BCUT2D eigenvalue weighted by Crippen LogP contribution is 2.27. The zero-order valence-electron chi connectivity index (χ0n) is 12.5. The van der Waals surface area contributed by atoms with E-state index in [2.05, 4.69) is 26.1 Å². The van der Waals surface area contributed by atoms with Gasteiger partial charge in [0.2, 0.25) is 5.91 Å². The summed E-state index contributed by atoms with van der Waals surface area (Å²) in [6, 6.07) is 7.36. The van der Waals surface area contributed by atoms with Crippen molar-refractivity contribution in [3.8, 4) is 0 Å². The molecule has 1 amide bonds. The summed E-state index contributed by atoms with van der Waals surface area (Å²) >= 11 is 0. The Bertz CT molecular complexity index is 514. The molecule has 3 nitrogen and oxygen atoms in total. The third kappa shape index (κ3) is 3.27. The molecule has 20 heavy (non-hydrogen) atoms. The van der Waals surface area contributed by atoms with Crippen molar-refractivity contribution in [3.63, 3.8) is 0 Å². The van der Waals surface area contributed by atoms with Gasteiger partial charge < -0.3 is 5.32 Å². The highest BCUT2D eigenvalue weighted by Gasteiger charge is 2.28. The summed E-state index contributed by atoms with van der Waals surface area (Å²) in [5, 5.41) is 2.87. The molecule has 2 rings (SSSR count). The lowest BCUT2D eigenvalue weighted by Gasteiger charge is -2.24. The van der Waals surface area contributed by atoms with Gasteiger partial charge in [0.1, 0.15) is 0 Å². The van der Waals surface area contributed by atoms with Crippen molar-refractivity contribution in [2.45, 2.75) is 57.9 Å². The van der Waals surface area contributed by atoms with Crippen LogP contribution in [0.3, 0.4) is 0 Å². The summed E-state index contributed by atoms with van der Waals surface area (Å²) in [6.45, 7) is 6.31. The lowest BCUT2D eigenvalue weighted by atomic mass is 9.81. The van der Waals surface area contributed by atoms with Crippen LogP contribution >= 0.6 is 0 Å². The molecule has 3 heteroatoms. The van der Waals surface area contributed by atoms with Crippen molar-refractivity contribution in [3.05, 3.63) is 35.4 Å². The first-order valence-electron chi connectivity index (χ1n) is 7.32. The zero-order chi connectivity index (χ0) is 14.8. The van der Waals surface area contributed by atoms with Crippen LogP contribution in [0.25, 0.3) is 0 Å². The van der Waals surface area contributed by atoms with Gasteiger partial charge in [-0.1, -0.05) is 51.5 Å². The highest BCUT2D eigenvalue weighted by molar-refractivity contribution is 6.03. The molecule has 1 aromatic rings. The molecular formula is C17H23NO2. The Kier molecular flexibility index (Phi) is 4.26. The van der Waals surface area contributed by atoms with E-state index in [9.17, 15) is 9.59 Å². The van der Waals surface area contributed by atoms with E-state index in [1.165, 1.54) is 0 Å². The second-order valence-electron chi connectivity index (χ2n) is 6.53. The highest BCUT2D eigenvalue weighted by atomic mass is 16.2. The minimum Gasteiger partial charge on any atom is -0.346 e. The molecule has 0 spiro atoms. The Hall–Kier alpha value is -1.64. The molecule has 1 aliphatic rings. The van der Waals surface area contributed by atoms with E-state index < -0.39 is 0 Å². The molecule has 1 unspecified atom stereocenters. The largest absolute Gasteiger partial charge is 0.346 e. The number of Topliss-reactive ketones (excluding diaryl/α,β-unsaturated/α-hetero) is 1. The van der Waals surface area contributed by atoms with E-state index >= 15 is 0 Å². The Morgan fingerprint density at radius 1 is 1.20 bits per heavy atom. The van der Waals surface area contributed by atoms with E-state index in [0.29, 0.717) is 6.42 Å². The maximum atomic E-state index is 12.8. The van der Waals surface area contributed by atoms with Crippen molar-refractivity contribution in [2.24, 2.45) is 0 Å². The van der Waals surface area contributed by atoms with Gasteiger partial charge in [0, 0.05) is 12.0 Å². The molecule has 1 heterocycles. The minimum absolute atomic E-state index is 0.00547. The number of hydrogen-bond donors (Lipinski definition) is 1. The Morgan fingerprint density at radius 3 is 2.60 bits per heavy atom. The van der Waals surface area contributed by atoms with Gasteiger partial charge >= 0.3 is 0 Å². The van der Waals surface area contributed by atoms with Crippen LogP contribution in [0.5, 0.6) is 0 Å². The first-order chi connectivity index (χ1) is 9.39. The van der Waals surface area contributed by atoms with Crippen LogP contribution in [0.15, 0.2) is 24.3 Å². The molecule has 1 aromatic carbocycles. The third-order valence-electron chi connectivity index (χ3n) is 3.80. The molecule has 1 fully saturated rings. The van der Waals surface area contributed by atoms with Gasteiger partial charge in [0.05, 0.1) is 6.04 Å². The van der Waals surface area contributed by atoms with Crippen molar-refractivity contribution in [1.29, 1.82) is 0 Å². The van der Waals surface area contributed by atoms with Gasteiger partial charge in [-0.25, -0.2) is 0 Å². The number of carbonyl (C=O) groups is 2. The van der Waals surface area contributed by atoms with Crippen LogP contribution in [0.2, 0.25) is 0 Å². The Labute approximate surface area is 120 Å². The SMILES string of the molecule is CC(C)(C)c1ccccc1C(=O)C1CCCCC(=O)N1. The number of rotatable bonds is 2. The molecule has 0 saturated carbocycles. The fourth-order valence-electron chi connectivity index (χ4n) is 2.71.